The van der Waals surface area contributed by atoms with E-state index in [1.54, 1.807) is 0 Å². The Balaban J connectivity index is 2.45. The lowest BCUT2D eigenvalue weighted by Gasteiger charge is -2.18. The van der Waals surface area contributed by atoms with Crippen LogP contribution in [0.3, 0.4) is 0 Å². The Morgan fingerprint density at radius 2 is 1.75 bits per heavy atom. The molecular formula is C8H14N2O2. The molecule has 4 nitrogen and oxygen atoms in total. The van der Waals surface area contributed by atoms with Gasteiger partial charge in [-0.25, -0.2) is 5.84 Å². The van der Waals surface area contributed by atoms with E-state index in [9.17, 15) is 9.59 Å². The van der Waals surface area contributed by atoms with Gasteiger partial charge in [-0.05, 0) is 12.8 Å². The monoisotopic (exact) mass is 170 g/mol. The topological polar surface area (TPSA) is 72.2 Å². The third-order valence-electron chi connectivity index (χ3n) is 2.33. The van der Waals surface area contributed by atoms with Gasteiger partial charge in [-0.2, -0.15) is 0 Å². The highest BCUT2D eigenvalue weighted by Crippen LogP contribution is 2.24. The van der Waals surface area contributed by atoms with Gasteiger partial charge in [0.2, 0.25) is 5.78 Å². The van der Waals surface area contributed by atoms with Gasteiger partial charge < -0.3 is 0 Å². The van der Waals surface area contributed by atoms with Crippen molar-refractivity contribution in [3.8, 4) is 0 Å². The number of Topliss-reactive ketones (excluding diaryl/α,β-unsaturated/α-hetero) is 1. The second-order valence-electron chi connectivity index (χ2n) is 3.17. The number of carbonyl (C=O) groups excluding carboxylic acids is 2. The normalized spacial score (nSPS) is 18.8. The summed E-state index contributed by atoms with van der Waals surface area (Å²) in [5.41, 5.74) is 1.87. The predicted molar refractivity (Wildman–Crippen MR) is 43.9 cm³/mol. The van der Waals surface area contributed by atoms with Crippen molar-refractivity contribution in [3.05, 3.63) is 0 Å². The van der Waals surface area contributed by atoms with Gasteiger partial charge in [-0.1, -0.05) is 19.3 Å². The molecule has 1 saturated carbocycles. The summed E-state index contributed by atoms with van der Waals surface area (Å²) in [5.74, 6) is 3.78. The van der Waals surface area contributed by atoms with Crippen LogP contribution in [-0.2, 0) is 9.59 Å². The van der Waals surface area contributed by atoms with Crippen molar-refractivity contribution in [2.45, 2.75) is 32.1 Å². The second-order valence-corrected chi connectivity index (χ2v) is 3.17. The number of hydrazine groups is 1. The maximum absolute atomic E-state index is 11.2. The van der Waals surface area contributed by atoms with E-state index >= 15 is 0 Å². The smallest absolute Gasteiger partial charge is 0.288 e. The van der Waals surface area contributed by atoms with E-state index in [1.165, 1.54) is 6.42 Å². The van der Waals surface area contributed by atoms with Gasteiger partial charge >= 0.3 is 5.91 Å². The Bertz CT molecular complexity index is 185. The van der Waals surface area contributed by atoms with Crippen molar-refractivity contribution < 1.29 is 9.59 Å². The molecule has 0 radical (unpaired) electrons. The lowest BCUT2D eigenvalue weighted by Crippen LogP contribution is -2.40. The molecule has 1 rings (SSSR count). The molecule has 0 unspecified atom stereocenters. The minimum Gasteiger partial charge on any atom is -0.288 e. The van der Waals surface area contributed by atoms with E-state index in [0.717, 1.165) is 25.7 Å². The van der Waals surface area contributed by atoms with Crippen LogP contribution in [0.4, 0.5) is 0 Å². The Kier molecular flexibility index (Phi) is 3.22. The average Bonchev–Trinajstić information content (AvgIpc) is 2.17. The number of nitrogens with two attached hydrogens (primary N) is 1. The Morgan fingerprint density at radius 3 is 2.25 bits per heavy atom. The van der Waals surface area contributed by atoms with Gasteiger partial charge in [0.25, 0.3) is 0 Å². The molecule has 1 aliphatic rings. The van der Waals surface area contributed by atoms with Crippen molar-refractivity contribution in [1.29, 1.82) is 0 Å². The first-order valence-electron chi connectivity index (χ1n) is 4.30. The lowest BCUT2D eigenvalue weighted by molar-refractivity contribution is -0.140. The molecule has 0 aromatic rings. The fourth-order valence-corrected chi connectivity index (χ4v) is 1.62. The van der Waals surface area contributed by atoms with E-state index in [0.29, 0.717) is 0 Å². The van der Waals surface area contributed by atoms with Gasteiger partial charge in [-0.15, -0.1) is 0 Å². The van der Waals surface area contributed by atoms with Crippen LogP contribution in [0.5, 0.6) is 0 Å². The number of amides is 1. The van der Waals surface area contributed by atoms with Crippen LogP contribution in [0, 0.1) is 5.92 Å². The zero-order valence-corrected chi connectivity index (χ0v) is 7.01. The molecule has 0 aliphatic heterocycles. The first kappa shape index (κ1) is 9.19. The summed E-state index contributed by atoms with van der Waals surface area (Å²) in [7, 11) is 0. The zero-order valence-electron chi connectivity index (χ0n) is 7.01. The molecular weight excluding hydrogens is 156 g/mol. The number of carbonyl (C=O) groups is 2. The maximum Gasteiger partial charge on any atom is 0.301 e. The quantitative estimate of drug-likeness (QED) is 0.268. The fourth-order valence-electron chi connectivity index (χ4n) is 1.62. The molecule has 68 valence electrons. The van der Waals surface area contributed by atoms with Gasteiger partial charge in [-0.3, -0.25) is 15.0 Å². The van der Waals surface area contributed by atoms with Gasteiger partial charge in [0.05, 0.1) is 0 Å². The van der Waals surface area contributed by atoms with E-state index in [1.807, 2.05) is 5.43 Å². The largest absolute Gasteiger partial charge is 0.301 e. The number of ketones is 1. The lowest BCUT2D eigenvalue weighted by atomic mass is 9.86. The first-order valence-corrected chi connectivity index (χ1v) is 4.30. The van der Waals surface area contributed by atoms with Crippen LogP contribution < -0.4 is 11.3 Å². The Hall–Kier alpha value is -0.900. The molecule has 12 heavy (non-hydrogen) atoms. The third-order valence-corrected chi connectivity index (χ3v) is 2.33. The van der Waals surface area contributed by atoms with E-state index in [4.69, 9.17) is 5.84 Å². The van der Waals surface area contributed by atoms with Crippen LogP contribution in [0.15, 0.2) is 0 Å². The molecule has 0 heterocycles. The molecule has 0 spiro atoms. The van der Waals surface area contributed by atoms with Gasteiger partial charge in [0.15, 0.2) is 0 Å². The minimum absolute atomic E-state index is 0.0812. The fraction of sp³-hybridized carbons (Fsp3) is 0.750. The van der Waals surface area contributed by atoms with E-state index in [-0.39, 0.29) is 11.7 Å². The highest BCUT2D eigenvalue weighted by atomic mass is 16.2. The zero-order chi connectivity index (χ0) is 8.97. The average molecular weight is 170 g/mol. The summed E-state index contributed by atoms with van der Waals surface area (Å²) in [6.45, 7) is 0. The highest BCUT2D eigenvalue weighted by molar-refractivity contribution is 6.36. The predicted octanol–water partition coefficient (Wildman–Crippen LogP) is 0.126. The van der Waals surface area contributed by atoms with Crippen LogP contribution in [0.2, 0.25) is 0 Å². The highest BCUT2D eigenvalue weighted by Gasteiger charge is 2.25. The molecule has 1 amide bonds. The summed E-state index contributed by atoms with van der Waals surface area (Å²) in [6.07, 6.45) is 4.95. The summed E-state index contributed by atoms with van der Waals surface area (Å²) >= 11 is 0. The molecule has 4 heteroatoms. The van der Waals surface area contributed by atoms with Crippen LogP contribution in [0.1, 0.15) is 32.1 Å². The summed E-state index contributed by atoms with van der Waals surface area (Å²) in [5, 5.41) is 0. The third kappa shape index (κ3) is 2.04. The van der Waals surface area contributed by atoms with Crippen molar-refractivity contribution in [3.63, 3.8) is 0 Å². The number of nitrogens with one attached hydrogen (secondary N) is 1. The van der Waals surface area contributed by atoms with Gasteiger partial charge in [0, 0.05) is 5.92 Å². The molecule has 1 aliphatic carbocycles. The van der Waals surface area contributed by atoms with Crippen molar-refractivity contribution in [2.75, 3.05) is 0 Å². The summed E-state index contributed by atoms with van der Waals surface area (Å²) < 4.78 is 0. The number of rotatable bonds is 2. The standard InChI is InChI=1S/C8H14N2O2/c9-10-8(12)7(11)6-4-2-1-3-5-6/h6H,1-5,9H2,(H,10,12). The maximum atomic E-state index is 11.2. The minimum atomic E-state index is -0.651. The number of hydrogen-bond acceptors (Lipinski definition) is 3. The van der Waals surface area contributed by atoms with Crippen molar-refractivity contribution >= 4 is 11.7 Å². The van der Waals surface area contributed by atoms with Crippen molar-refractivity contribution in [2.24, 2.45) is 11.8 Å². The molecule has 0 aromatic carbocycles. The summed E-state index contributed by atoms with van der Waals surface area (Å²) in [6, 6.07) is 0. The van der Waals surface area contributed by atoms with E-state index < -0.39 is 5.91 Å². The van der Waals surface area contributed by atoms with E-state index in [2.05, 4.69) is 0 Å². The van der Waals surface area contributed by atoms with Crippen LogP contribution in [0.25, 0.3) is 0 Å². The molecule has 0 aromatic heterocycles. The SMILES string of the molecule is NNC(=O)C(=O)C1CCCCC1. The Labute approximate surface area is 71.5 Å². The molecule has 3 N–H and O–H groups in total. The Morgan fingerprint density at radius 1 is 1.17 bits per heavy atom. The second kappa shape index (κ2) is 4.21. The van der Waals surface area contributed by atoms with Gasteiger partial charge in [0.1, 0.15) is 0 Å². The van der Waals surface area contributed by atoms with Crippen LogP contribution >= 0.6 is 0 Å². The van der Waals surface area contributed by atoms with Crippen molar-refractivity contribution in [1.82, 2.24) is 5.43 Å². The molecule has 1 fully saturated rings. The van der Waals surface area contributed by atoms with Crippen LogP contribution in [-0.4, -0.2) is 11.7 Å². The summed E-state index contributed by atoms with van der Waals surface area (Å²) in [4.78, 5) is 22.1. The molecule has 0 saturated heterocycles. The first-order chi connectivity index (χ1) is 5.75. The number of hydrogen-bond donors (Lipinski definition) is 2. The molecule has 0 atom stereocenters. The molecule has 0 bridgehead atoms.